The van der Waals surface area contributed by atoms with Crippen molar-refractivity contribution in [3.05, 3.63) is 27.7 Å². The Hall–Kier alpha value is 0.500. The summed E-state index contributed by atoms with van der Waals surface area (Å²) in [4.78, 5) is 0. The van der Waals surface area contributed by atoms with Crippen LogP contribution in [-0.2, 0) is 0 Å². The van der Waals surface area contributed by atoms with Crippen LogP contribution in [0.2, 0.25) is 0 Å². The number of halogens is 1. The standard InChI is InChI=1S/C8H9BrO.Na/c1-5-3-7(10)4-6(2)8(5)9;/h3-4,10H,1-2H3;/q;+1/p-1. The summed E-state index contributed by atoms with van der Waals surface area (Å²) in [6.07, 6.45) is 0. The van der Waals surface area contributed by atoms with Crippen LogP contribution in [0.4, 0.5) is 0 Å². The predicted octanol–water partition coefficient (Wildman–Crippen LogP) is -0.856. The topological polar surface area (TPSA) is 23.1 Å². The van der Waals surface area contributed by atoms with Crippen molar-refractivity contribution in [3.8, 4) is 5.75 Å². The molecular weight excluding hydrogens is 215 g/mol. The minimum absolute atomic E-state index is 0. The van der Waals surface area contributed by atoms with Crippen molar-refractivity contribution in [2.45, 2.75) is 13.8 Å². The molecule has 0 aromatic heterocycles. The Labute approximate surface area is 97.2 Å². The van der Waals surface area contributed by atoms with Crippen LogP contribution in [0, 0.1) is 13.8 Å². The molecule has 0 spiro atoms. The first-order chi connectivity index (χ1) is 4.61. The fourth-order valence-corrected chi connectivity index (χ4v) is 1.14. The number of hydrogen-bond acceptors (Lipinski definition) is 1. The van der Waals surface area contributed by atoms with Gasteiger partial charge in [-0.25, -0.2) is 0 Å². The monoisotopic (exact) mass is 222 g/mol. The third-order valence-corrected chi connectivity index (χ3v) is 2.66. The molecule has 1 aromatic rings. The van der Waals surface area contributed by atoms with Gasteiger partial charge in [-0.15, -0.1) is 5.75 Å². The van der Waals surface area contributed by atoms with Crippen LogP contribution in [0.15, 0.2) is 16.6 Å². The van der Waals surface area contributed by atoms with Gasteiger partial charge in [-0.1, -0.05) is 28.1 Å². The first kappa shape index (κ1) is 11.5. The van der Waals surface area contributed by atoms with Gasteiger partial charge in [-0.2, -0.15) is 0 Å². The first-order valence-corrected chi connectivity index (χ1v) is 3.84. The van der Waals surface area contributed by atoms with Crippen LogP contribution in [0.1, 0.15) is 11.1 Å². The van der Waals surface area contributed by atoms with Crippen molar-refractivity contribution in [2.75, 3.05) is 0 Å². The Balaban J connectivity index is 0.000001000. The molecule has 0 amide bonds. The van der Waals surface area contributed by atoms with E-state index in [1.807, 2.05) is 13.8 Å². The fraction of sp³-hybridized carbons (Fsp3) is 0.250. The van der Waals surface area contributed by atoms with E-state index in [4.69, 9.17) is 0 Å². The van der Waals surface area contributed by atoms with E-state index in [-0.39, 0.29) is 35.3 Å². The van der Waals surface area contributed by atoms with E-state index in [2.05, 4.69) is 15.9 Å². The zero-order valence-corrected chi connectivity index (χ0v) is 10.5. The smallest absolute Gasteiger partial charge is 0.872 e. The van der Waals surface area contributed by atoms with Gasteiger partial charge in [0.05, 0.1) is 0 Å². The fourth-order valence-electron chi connectivity index (χ4n) is 0.906. The van der Waals surface area contributed by atoms with Gasteiger partial charge in [0.1, 0.15) is 0 Å². The van der Waals surface area contributed by atoms with Crippen molar-refractivity contribution >= 4 is 15.9 Å². The van der Waals surface area contributed by atoms with Gasteiger partial charge >= 0.3 is 29.6 Å². The van der Waals surface area contributed by atoms with Crippen molar-refractivity contribution in [1.82, 2.24) is 0 Å². The number of hydrogen-bond donors (Lipinski definition) is 0. The summed E-state index contributed by atoms with van der Waals surface area (Å²) in [7, 11) is 0. The minimum atomic E-state index is 0. The summed E-state index contributed by atoms with van der Waals surface area (Å²) >= 11 is 3.37. The molecule has 0 unspecified atom stereocenters. The second-order valence-corrected chi connectivity index (χ2v) is 3.16. The van der Waals surface area contributed by atoms with Gasteiger partial charge in [0.2, 0.25) is 0 Å². The summed E-state index contributed by atoms with van der Waals surface area (Å²) in [5, 5.41) is 10.8. The normalized spacial score (nSPS) is 9.00. The Bertz CT molecular complexity index is 237. The molecule has 0 atom stereocenters. The van der Waals surface area contributed by atoms with Gasteiger partial charge < -0.3 is 5.11 Å². The van der Waals surface area contributed by atoms with Crippen LogP contribution in [0.25, 0.3) is 0 Å². The van der Waals surface area contributed by atoms with E-state index in [0.29, 0.717) is 0 Å². The third kappa shape index (κ3) is 2.79. The Morgan fingerprint density at radius 1 is 1.18 bits per heavy atom. The molecule has 1 nitrogen and oxygen atoms in total. The molecule has 1 rings (SSSR count). The number of benzene rings is 1. The molecule has 3 heteroatoms. The SMILES string of the molecule is Cc1cc([O-])cc(C)c1Br.[Na+]. The van der Waals surface area contributed by atoms with Crippen molar-refractivity contribution in [3.63, 3.8) is 0 Å². The average molecular weight is 223 g/mol. The minimum Gasteiger partial charge on any atom is -0.872 e. The van der Waals surface area contributed by atoms with E-state index < -0.39 is 0 Å². The summed E-state index contributed by atoms with van der Waals surface area (Å²) in [5.41, 5.74) is 2.01. The average Bonchev–Trinajstić information content (AvgIpc) is 1.82. The molecular formula is C8H8BrNaO. The van der Waals surface area contributed by atoms with E-state index in [1.165, 1.54) is 0 Å². The third-order valence-electron chi connectivity index (χ3n) is 1.41. The molecule has 0 saturated heterocycles. The predicted molar refractivity (Wildman–Crippen MR) is 43.1 cm³/mol. The second kappa shape index (κ2) is 4.51. The molecule has 0 aliphatic carbocycles. The molecule has 0 bridgehead atoms. The number of aryl methyl sites for hydroxylation is 2. The maximum Gasteiger partial charge on any atom is 1.00 e. The van der Waals surface area contributed by atoms with Crippen molar-refractivity contribution < 1.29 is 34.7 Å². The Morgan fingerprint density at radius 2 is 1.55 bits per heavy atom. The quantitative estimate of drug-likeness (QED) is 0.525. The van der Waals surface area contributed by atoms with Crippen LogP contribution in [0.5, 0.6) is 5.75 Å². The summed E-state index contributed by atoms with van der Waals surface area (Å²) < 4.78 is 1.03. The van der Waals surface area contributed by atoms with E-state index >= 15 is 0 Å². The largest absolute Gasteiger partial charge is 1.00 e. The van der Waals surface area contributed by atoms with Gasteiger partial charge in [0.25, 0.3) is 0 Å². The molecule has 11 heavy (non-hydrogen) atoms. The van der Waals surface area contributed by atoms with Gasteiger partial charge in [0, 0.05) is 4.47 Å². The van der Waals surface area contributed by atoms with Gasteiger partial charge in [-0.05, 0) is 25.0 Å². The molecule has 0 aliphatic rings. The second-order valence-electron chi connectivity index (χ2n) is 2.37. The molecule has 0 N–H and O–H groups in total. The van der Waals surface area contributed by atoms with Gasteiger partial charge in [-0.3, -0.25) is 0 Å². The summed E-state index contributed by atoms with van der Waals surface area (Å²) in [6.45, 7) is 3.83. The van der Waals surface area contributed by atoms with E-state index in [1.54, 1.807) is 12.1 Å². The maximum atomic E-state index is 10.8. The Kier molecular flexibility index (Phi) is 4.71. The molecule has 54 valence electrons. The zero-order chi connectivity index (χ0) is 7.72. The van der Waals surface area contributed by atoms with E-state index in [0.717, 1.165) is 15.6 Å². The Morgan fingerprint density at radius 3 is 1.91 bits per heavy atom. The van der Waals surface area contributed by atoms with Gasteiger partial charge in [0.15, 0.2) is 0 Å². The zero-order valence-electron chi connectivity index (χ0n) is 6.94. The molecule has 0 aliphatic heterocycles. The molecule has 0 heterocycles. The molecule has 1 aromatic carbocycles. The number of rotatable bonds is 0. The van der Waals surface area contributed by atoms with Crippen LogP contribution < -0.4 is 34.7 Å². The summed E-state index contributed by atoms with van der Waals surface area (Å²) in [5.74, 6) is 0.0817. The van der Waals surface area contributed by atoms with Crippen LogP contribution >= 0.6 is 15.9 Å². The van der Waals surface area contributed by atoms with Crippen LogP contribution in [-0.4, -0.2) is 0 Å². The maximum absolute atomic E-state index is 10.8. The van der Waals surface area contributed by atoms with Crippen LogP contribution in [0.3, 0.4) is 0 Å². The summed E-state index contributed by atoms with van der Waals surface area (Å²) in [6, 6.07) is 3.24. The molecule has 0 radical (unpaired) electrons. The van der Waals surface area contributed by atoms with Crippen molar-refractivity contribution in [1.29, 1.82) is 0 Å². The molecule has 0 fully saturated rings. The van der Waals surface area contributed by atoms with Crippen molar-refractivity contribution in [2.24, 2.45) is 0 Å². The molecule has 0 saturated carbocycles. The first-order valence-electron chi connectivity index (χ1n) is 3.05. The van der Waals surface area contributed by atoms with E-state index in [9.17, 15) is 5.11 Å².